The van der Waals surface area contributed by atoms with E-state index in [2.05, 4.69) is 45.3 Å². The summed E-state index contributed by atoms with van der Waals surface area (Å²) in [5.41, 5.74) is 3.20. The lowest BCUT2D eigenvalue weighted by atomic mass is 10.0. The molecule has 2 heterocycles. The van der Waals surface area contributed by atoms with Crippen LogP contribution in [0.2, 0.25) is 0 Å². The van der Waals surface area contributed by atoms with Gasteiger partial charge < -0.3 is 20.4 Å². The number of piperazine rings is 1. The number of fused-ring (bicyclic) bond motifs is 1. The van der Waals surface area contributed by atoms with Gasteiger partial charge in [-0.2, -0.15) is 0 Å². The third kappa shape index (κ3) is 7.58. The fraction of sp³-hybridized carbons (Fsp3) is 0.467. The summed E-state index contributed by atoms with van der Waals surface area (Å²) in [7, 11) is 1.64. The van der Waals surface area contributed by atoms with Crippen molar-refractivity contribution in [2.75, 3.05) is 46.4 Å². The summed E-state index contributed by atoms with van der Waals surface area (Å²) >= 11 is 0. The predicted octanol–water partition coefficient (Wildman–Crippen LogP) is 2.98. The van der Waals surface area contributed by atoms with Crippen molar-refractivity contribution >= 4 is 22.7 Å². The molecule has 8 heteroatoms. The second kappa shape index (κ2) is 13.4. The number of aromatic amines is 1. The van der Waals surface area contributed by atoms with E-state index in [0.29, 0.717) is 38.4 Å². The van der Waals surface area contributed by atoms with Gasteiger partial charge >= 0.3 is 0 Å². The first kappa shape index (κ1) is 27.7. The Labute approximate surface area is 225 Å². The van der Waals surface area contributed by atoms with Crippen LogP contribution in [0, 0.1) is 0 Å². The van der Waals surface area contributed by atoms with E-state index in [9.17, 15) is 9.59 Å². The van der Waals surface area contributed by atoms with Crippen molar-refractivity contribution < 1.29 is 14.3 Å². The zero-order valence-corrected chi connectivity index (χ0v) is 22.8. The second-order valence-electron chi connectivity index (χ2n) is 10.3. The highest BCUT2D eigenvalue weighted by Crippen LogP contribution is 2.20. The molecule has 1 aliphatic heterocycles. The van der Waals surface area contributed by atoms with Gasteiger partial charge in [0.05, 0.1) is 19.7 Å². The van der Waals surface area contributed by atoms with Crippen LogP contribution in [-0.2, 0) is 22.4 Å². The molecule has 4 rings (SSSR count). The summed E-state index contributed by atoms with van der Waals surface area (Å²) in [5, 5.41) is 7.40. The number of hydrogen-bond donors (Lipinski definition) is 3. The fourth-order valence-electron chi connectivity index (χ4n) is 5.14. The van der Waals surface area contributed by atoms with Crippen molar-refractivity contribution in [1.82, 2.24) is 25.4 Å². The number of rotatable bonds is 12. The maximum atomic E-state index is 13.1. The summed E-state index contributed by atoms with van der Waals surface area (Å²) in [4.78, 5) is 33.8. The topological polar surface area (TPSA) is 89.7 Å². The van der Waals surface area contributed by atoms with Gasteiger partial charge in [-0.15, -0.1) is 0 Å². The number of nitrogens with one attached hydrogen (secondary N) is 3. The van der Waals surface area contributed by atoms with Crippen LogP contribution >= 0.6 is 0 Å². The summed E-state index contributed by atoms with van der Waals surface area (Å²) in [6.45, 7) is 8.90. The molecule has 38 heavy (non-hydrogen) atoms. The maximum Gasteiger partial charge on any atom is 0.234 e. The number of nitrogens with zero attached hydrogens (tertiary/aromatic N) is 2. The Hall–Kier alpha value is -3.36. The third-order valence-corrected chi connectivity index (χ3v) is 7.37. The molecule has 2 aromatic carbocycles. The first-order valence-corrected chi connectivity index (χ1v) is 13.6. The molecule has 1 atom stereocenters. The summed E-state index contributed by atoms with van der Waals surface area (Å²) < 4.78 is 5.40. The van der Waals surface area contributed by atoms with Crippen molar-refractivity contribution in [3.05, 3.63) is 65.9 Å². The molecular formula is C30H41N5O3. The number of para-hydroxylation sites is 2. The Morgan fingerprint density at radius 2 is 1.71 bits per heavy atom. The maximum absolute atomic E-state index is 13.1. The highest BCUT2D eigenvalue weighted by atomic mass is 16.5. The van der Waals surface area contributed by atoms with E-state index in [1.54, 1.807) is 7.11 Å². The molecular weight excluding hydrogens is 478 g/mol. The number of methoxy groups -OCH3 is 1. The van der Waals surface area contributed by atoms with Gasteiger partial charge in [0.2, 0.25) is 11.8 Å². The van der Waals surface area contributed by atoms with Crippen LogP contribution in [0.4, 0.5) is 0 Å². The lowest BCUT2D eigenvalue weighted by Crippen LogP contribution is -2.53. The van der Waals surface area contributed by atoms with E-state index >= 15 is 0 Å². The molecule has 0 spiro atoms. The van der Waals surface area contributed by atoms with E-state index in [4.69, 9.17) is 4.74 Å². The summed E-state index contributed by atoms with van der Waals surface area (Å²) in [6.07, 6.45) is 3.58. The molecule has 0 aliphatic carbocycles. The lowest BCUT2D eigenvalue weighted by molar-refractivity contribution is -0.124. The molecule has 0 radical (unpaired) electrons. The molecule has 2 amide bonds. The second-order valence-corrected chi connectivity index (χ2v) is 10.3. The number of ether oxygens (including phenoxy) is 1. The normalized spacial score (nSPS) is 15.5. The zero-order valence-electron chi connectivity index (χ0n) is 22.8. The average Bonchev–Trinajstić information content (AvgIpc) is 3.33. The number of carbonyl (C=O) groups excluding carboxylic acids is 2. The van der Waals surface area contributed by atoms with E-state index in [0.717, 1.165) is 54.0 Å². The van der Waals surface area contributed by atoms with Gasteiger partial charge in [0.15, 0.2) is 0 Å². The van der Waals surface area contributed by atoms with E-state index < -0.39 is 0 Å². The molecule has 0 bridgehead atoms. The zero-order chi connectivity index (χ0) is 26.9. The number of carbonyl (C=O) groups is 2. The number of aromatic nitrogens is 1. The van der Waals surface area contributed by atoms with Gasteiger partial charge in [-0.1, -0.05) is 36.4 Å². The fourth-order valence-corrected chi connectivity index (χ4v) is 5.14. The van der Waals surface area contributed by atoms with E-state index in [1.807, 2.05) is 48.7 Å². The molecule has 204 valence electrons. The smallest absolute Gasteiger partial charge is 0.234 e. The van der Waals surface area contributed by atoms with Gasteiger partial charge in [-0.25, -0.2) is 0 Å². The SMILES string of the molecule is COc1ccccc1CCC(=O)NC[C@@H](Cc1c[nH]c2ccccc12)NC(=O)CN1CCN(C(C)C)CC1. The number of benzene rings is 2. The molecule has 1 aliphatic rings. The largest absolute Gasteiger partial charge is 0.496 e. The summed E-state index contributed by atoms with van der Waals surface area (Å²) in [6, 6.07) is 16.2. The molecule has 0 saturated carbocycles. The molecule has 0 unspecified atom stereocenters. The Kier molecular flexibility index (Phi) is 9.79. The minimum Gasteiger partial charge on any atom is -0.496 e. The van der Waals surface area contributed by atoms with Gasteiger partial charge in [-0.3, -0.25) is 19.4 Å². The minimum atomic E-state index is -0.214. The van der Waals surface area contributed by atoms with Crippen LogP contribution in [0.15, 0.2) is 54.7 Å². The van der Waals surface area contributed by atoms with Gasteiger partial charge in [0.1, 0.15) is 5.75 Å². The monoisotopic (exact) mass is 519 g/mol. The number of amides is 2. The molecule has 1 aromatic heterocycles. The standard InChI is InChI=1S/C30H41N5O3/c1-22(2)35-16-14-34(15-17-35)21-30(37)33-25(18-24-19-31-27-10-6-5-9-26(24)27)20-32-29(36)13-12-23-8-4-7-11-28(23)38-3/h4-11,19,22,25,31H,12-18,20-21H2,1-3H3,(H,32,36)(H,33,37)/t25-/m1/s1. The van der Waals surface area contributed by atoms with Gasteiger partial charge in [-0.05, 0) is 49.9 Å². The van der Waals surface area contributed by atoms with Crippen molar-refractivity contribution in [1.29, 1.82) is 0 Å². The van der Waals surface area contributed by atoms with Crippen LogP contribution in [0.5, 0.6) is 5.75 Å². The number of H-pyrrole nitrogens is 1. The molecule has 3 N–H and O–H groups in total. The Bertz CT molecular complexity index is 1200. The van der Waals surface area contributed by atoms with E-state index in [1.165, 1.54) is 0 Å². The van der Waals surface area contributed by atoms with Crippen molar-refractivity contribution in [3.63, 3.8) is 0 Å². The molecule has 1 saturated heterocycles. The Balaban J connectivity index is 1.35. The number of aryl methyl sites for hydroxylation is 1. The van der Waals surface area contributed by atoms with Crippen molar-refractivity contribution in [2.45, 2.75) is 45.2 Å². The van der Waals surface area contributed by atoms with Crippen molar-refractivity contribution in [3.8, 4) is 5.75 Å². The van der Waals surface area contributed by atoms with E-state index in [-0.39, 0.29) is 17.9 Å². The third-order valence-electron chi connectivity index (χ3n) is 7.37. The van der Waals surface area contributed by atoms with Crippen LogP contribution < -0.4 is 15.4 Å². The molecule has 8 nitrogen and oxygen atoms in total. The van der Waals surface area contributed by atoms with Gasteiger partial charge in [0.25, 0.3) is 0 Å². The first-order valence-electron chi connectivity index (χ1n) is 13.6. The first-order chi connectivity index (χ1) is 18.4. The molecule has 3 aromatic rings. The average molecular weight is 520 g/mol. The lowest BCUT2D eigenvalue weighted by Gasteiger charge is -2.36. The Morgan fingerprint density at radius 1 is 0.974 bits per heavy atom. The predicted molar refractivity (Wildman–Crippen MR) is 151 cm³/mol. The Morgan fingerprint density at radius 3 is 2.47 bits per heavy atom. The highest BCUT2D eigenvalue weighted by molar-refractivity contribution is 5.83. The number of hydrogen-bond acceptors (Lipinski definition) is 5. The summed E-state index contributed by atoms with van der Waals surface area (Å²) in [5.74, 6) is 0.744. The van der Waals surface area contributed by atoms with Crippen molar-refractivity contribution in [2.24, 2.45) is 0 Å². The highest BCUT2D eigenvalue weighted by Gasteiger charge is 2.22. The van der Waals surface area contributed by atoms with Crippen LogP contribution in [0.25, 0.3) is 10.9 Å². The van der Waals surface area contributed by atoms with Gasteiger partial charge in [0, 0.05) is 62.3 Å². The van der Waals surface area contributed by atoms with Crippen LogP contribution in [0.1, 0.15) is 31.4 Å². The molecule has 1 fully saturated rings. The van der Waals surface area contributed by atoms with Crippen LogP contribution in [0.3, 0.4) is 0 Å². The van der Waals surface area contributed by atoms with Crippen LogP contribution in [-0.4, -0.2) is 85.1 Å². The quantitative estimate of drug-likeness (QED) is 0.342. The minimum absolute atomic E-state index is 0.00360.